The Kier molecular flexibility index (Phi) is 3.98. The van der Waals surface area contributed by atoms with Crippen LogP contribution in [-0.4, -0.2) is 0 Å². The summed E-state index contributed by atoms with van der Waals surface area (Å²) in [6.07, 6.45) is 3.56. The summed E-state index contributed by atoms with van der Waals surface area (Å²) in [6.45, 7) is 0. The van der Waals surface area contributed by atoms with Crippen LogP contribution in [0.2, 0.25) is 0 Å². The third-order valence-corrected chi connectivity index (χ3v) is 4.26. The first kappa shape index (κ1) is 10.9. The fourth-order valence-electron chi connectivity index (χ4n) is 1.63. The molecule has 0 aliphatic rings. The van der Waals surface area contributed by atoms with E-state index in [0.29, 0.717) is 0 Å². The molecule has 0 saturated carbocycles. The molecule has 0 spiro atoms. The molecule has 0 nitrogen and oxygen atoms in total. The van der Waals surface area contributed by atoms with E-state index in [0.717, 1.165) is 0 Å². The van der Waals surface area contributed by atoms with Crippen molar-refractivity contribution in [1.29, 1.82) is 0 Å². The number of benzene rings is 1. The van der Waals surface area contributed by atoms with Gasteiger partial charge in [0.05, 0.1) is 3.79 Å². The van der Waals surface area contributed by atoms with Gasteiger partial charge in [0.2, 0.25) is 0 Å². The highest BCUT2D eigenvalue weighted by Gasteiger charge is 2.00. The van der Waals surface area contributed by atoms with E-state index in [1.165, 1.54) is 34.2 Å². The third-order valence-electron chi connectivity index (χ3n) is 2.45. The molecular formula is C13H13BrS. The maximum absolute atomic E-state index is 3.57. The van der Waals surface area contributed by atoms with Crippen molar-refractivity contribution in [2.75, 3.05) is 0 Å². The number of thiophene rings is 1. The second-order valence-electron chi connectivity index (χ2n) is 3.56. The van der Waals surface area contributed by atoms with Gasteiger partial charge in [-0.25, -0.2) is 0 Å². The Balaban J connectivity index is 1.83. The summed E-state index contributed by atoms with van der Waals surface area (Å²) in [4.78, 5) is 0. The summed E-state index contributed by atoms with van der Waals surface area (Å²) < 4.78 is 1.29. The fraction of sp³-hybridized carbons (Fsp3) is 0.231. The molecule has 0 atom stereocenters. The summed E-state index contributed by atoms with van der Waals surface area (Å²) in [5.74, 6) is 0. The van der Waals surface area contributed by atoms with Crippen LogP contribution in [0, 0.1) is 0 Å². The Bertz CT molecular complexity index is 405. The first-order chi connectivity index (χ1) is 7.36. The minimum atomic E-state index is 1.17. The van der Waals surface area contributed by atoms with Crippen molar-refractivity contribution in [2.45, 2.75) is 19.3 Å². The van der Waals surface area contributed by atoms with E-state index in [-0.39, 0.29) is 0 Å². The molecule has 0 aliphatic heterocycles. The van der Waals surface area contributed by atoms with Crippen LogP contribution in [0.4, 0.5) is 0 Å². The van der Waals surface area contributed by atoms with E-state index in [9.17, 15) is 0 Å². The second-order valence-corrected chi connectivity index (χ2v) is 5.79. The maximum atomic E-state index is 3.57. The average Bonchev–Trinajstić information content (AvgIpc) is 2.66. The Morgan fingerprint density at radius 1 is 1.00 bits per heavy atom. The lowest BCUT2D eigenvalue weighted by molar-refractivity contribution is 0.821. The van der Waals surface area contributed by atoms with Gasteiger partial charge >= 0.3 is 0 Å². The zero-order valence-electron chi connectivity index (χ0n) is 8.45. The Hall–Kier alpha value is -0.600. The standard InChI is InChI=1S/C13H13BrS/c14-13-12(9-10-15-13)8-4-7-11-5-2-1-3-6-11/h1-3,5-6,9-10H,4,7-8H2. The number of halogens is 1. The normalized spacial score (nSPS) is 10.5. The average molecular weight is 281 g/mol. The second kappa shape index (κ2) is 5.47. The van der Waals surface area contributed by atoms with Gasteiger partial charge in [-0.2, -0.15) is 0 Å². The molecule has 2 rings (SSSR count). The Morgan fingerprint density at radius 3 is 2.47 bits per heavy atom. The van der Waals surface area contributed by atoms with Gasteiger partial charge in [-0.15, -0.1) is 11.3 Å². The van der Waals surface area contributed by atoms with Crippen LogP contribution in [0.3, 0.4) is 0 Å². The van der Waals surface area contributed by atoms with Crippen molar-refractivity contribution in [2.24, 2.45) is 0 Å². The summed E-state index contributed by atoms with van der Waals surface area (Å²) in [5, 5.41) is 2.14. The first-order valence-corrected chi connectivity index (χ1v) is 6.79. The first-order valence-electron chi connectivity index (χ1n) is 5.12. The van der Waals surface area contributed by atoms with Gasteiger partial charge in [0.1, 0.15) is 0 Å². The molecule has 1 heterocycles. The number of hydrogen-bond donors (Lipinski definition) is 0. The quantitative estimate of drug-likeness (QED) is 0.763. The predicted molar refractivity (Wildman–Crippen MR) is 70.5 cm³/mol. The largest absolute Gasteiger partial charge is 0.137 e. The van der Waals surface area contributed by atoms with Gasteiger partial charge < -0.3 is 0 Å². The topological polar surface area (TPSA) is 0 Å². The highest BCUT2D eigenvalue weighted by molar-refractivity contribution is 9.11. The van der Waals surface area contributed by atoms with Gasteiger partial charge in [-0.3, -0.25) is 0 Å². The molecule has 2 aromatic rings. The summed E-state index contributed by atoms with van der Waals surface area (Å²) >= 11 is 5.34. The number of rotatable bonds is 4. The summed E-state index contributed by atoms with van der Waals surface area (Å²) in [6, 6.07) is 12.9. The van der Waals surface area contributed by atoms with Crippen LogP contribution in [0.5, 0.6) is 0 Å². The molecule has 0 aliphatic carbocycles. The van der Waals surface area contributed by atoms with E-state index in [2.05, 4.69) is 57.7 Å². The van der Waals surface area contributed by atoms with E-state index >= 15 is 0 Å². The van der Waals surface area contributed by atoms with Crippen molar-refractivity contribution in [3.05, 3.63) is 56.7 Å². The molecule has 0 radical (unpaired) electrons. The van der Waals surface area contributed by atoms with Crippen molar-refractivity contribution >= 4 is 27.3 Å². The SMILES string of the molecule is Brc1sccc1CCCc1ccccc1. The summed E-state index contributed by atoms with van der Waals surface area (Å²) in [7, 11) is 0. The van der Waals surface area contributed by atoms with Crippen LogP contribution in [0.15, 0.2) is 45.6 Å². The lowest BCUT2D eigenvalue weighted by atomic mass is 10.1. The lowest BCUT2D eigenvalue weighted by Crippen LogP contribution is -1.88. The smallest absolute Gasteiger partial charge is 0.0730 e. The van der Waals surface area contributed by atoms with Crippen LogP contribution < -0.4 is 0 Å². The molecule has 0 N–H and O–H groups in total. The minimum absolute atomic E-state index is 1.17. The highest BCUT2D eigenvalue weighted by atomic mass is 79.9. The molecule has 2 heteroatoms. The molecule has 0 unspecified atom stereocenters. The third kappa shape index (κ3) is 3.18. The zero-order valence-corrected chi connectivity index (χ0v) is 10.9. The predicted octanol–water partition coefficient (Wildman–Crippen LogP) is 4.69. The summed E-state index contributed by atoms with van der Waals surface area (Å²) in [5.41, 5.74) is 2.87. The minimum Gasteiger partial charge on any atom is -0.137 e. The molecule has 0 amide bonds. The molecule has 1 aromatic carbocycles. The Labute approximate surface area is 103 Å². The highest BCUT2D eigenvalue weighted by Crippen LogP contribution is 2.24. The lowest BCUT2D eigenvalue weighted by Gasteiger charge is -2.00. The molecule has 0 saturated heterocycles. The Morgan fingerprint density at radius 2 is 1.80 bits per heavy atom. The van der Waals surface area contributed by atoms with E-state index in [1.807, 2.05) is 0 Å². The zero-order chi connectivity index (χ0) is 10.5. The number of aryl methyl sites for hydroxylation is 2. The van der Waals surface area contributed by atoms with Crippen molar-refractivity contribution in [3.63, 3.8) is 0 Å². The van der Waals surface area contributed by atoms with Gasteiger partial charge in [-0.05, 0) is 57.8 Å². The molecule has 0 bridgehead atoms. The molecule has 1 aromatic heterocycles. The van der Waals surface area contributed by atoms with Crippen molar-refractivity contribution in [3.8, 4) is 0 Å². The van der Waals surface area contributed by atoms with Gasteiger partial charge in [-0.1, -0.05) is 30.3 Å². The molecule has 15 heavy (non-hydrogen) atoms. The fourth-order valence-corrected chi connectivity index (χ4v) is 2.95. The van der Waals surface area contributed by atoms with Crippen LogP contribution in [0.1, 0.15) is 17.5 Å². The molecule has 78 valence electrons. The van der Waals surface area contributed by atoms with Crippen molar-refractivity contribution < 1.29 is 0 Å². The van der Waals surface area contributed by atoms with E-state index < -0.39 is 0 Å². The van der Waals surface area contributed by atoms with Crippen LogP contribution in [0.25, 0.3) is 0 Å². The molecule has 0 fully saturated rings. The monoisotopic (exact) mass is 280 g/mol. The maximum Gasteiger partial charge on any atom is 0.0730 e. The van der Waals surface area contributed by atoms with Gasteiger partial charge in [0.15, 0.2) is 0 Å². The molecular weight excluding hydrogens is 268 g/mol. The van der Waals surface area contributed by atoms with E-state index in [1.54, 1.807) is 11.3 Å². The van der Waals surface area contributed by atoms with Crippen LogP contribution >= 0.6 is 27.3 Å². The van der Waals surface area contributed by atoms with Gasteiger partial charge in [0.25, 0.3) is 0 Å². The number of hydrogen-bond acceptors (Lipinski definition) is 1. The van der Waals surface area contributed by atoms with Crippen LogP contribution in [-0.2, 0) is 12.8 Å². The van der Waals surface area contributed by atoms with E-state index in [4.69, 9.17) is 0 Å². The van der Waals surface area contributed by atoms with Crippen molar-refractivity contribution in [1.82, 2.24) is 0 Å². The van der Waals surface area contributed by atoms with Gasteiger partial charge in [0, 0.05) is 0 Å².